The predicted molar refractivity (Wildman–Crippen MR) is 123 cm³/mol. The van der Waals surface area contributed by atoms with Gasteiger partial charge in [0.15, 0.2) is 15.0 Å². The summed E-state index contributed by atoms with van der Waals surface area (Å²) in [6, 6.07) is 10.9. The van der Waals surface area contributed by atoms with Gasteiger partial charge in [-0.1, -0.05) is 11.3 Å². The molecule has 164 valence electrons. The lowest BCUT2D eigenvalue weighted by Gasteiger charge is -2.34. The van der Waals surface area contributed by atoms with Crippen molar-refractivity contribution in [1.82, 2.24) is 9.88 Å². The number of rotatable bonds is 6. The Labute approximate surface area is 189 Å². The molecule has 6 nitrogen and oxygen atoms in total. The second-order valence-electron chi connectivity index (χ2n) is 7.22. The van der Waals surface area contributed by atoms with Crippen LogP contribution in [0.1, 0.15) is 6.42 Å². The molecule has 0 N–H and O–H groups in total. The number of fused-ring (bicyclic) bond motifs is 1. The maximum Gasteiger partial charge on any atom is 0.223 e. The van der Waals surface area contributed by atoms with Gasteiger partial charge in [-0.15, -0.1) is 11.8 Å². The molecule has 4 rings (SSSR count). The van der Waals surface area contributed by atoms with Crippen LogP contribution >= 0.6 is 23.1 Å². The summed E-state index contributed by atoms with van der Waals surface area (Å²) in [5, 5.41) is 0.944. The third-order valence-electron chi connectivity index (χ3n) is 5.24. The molecule has 1 saturated heterocycles. The van der Waals surface area contributed by atoms with E-state index in [0.29, 0.717) is 26.2 Å². The Hall–Kier alpha value is -2.17. The highest BCUT2D eigenvalue weighted by Gasteiger charge is 2.25. The molecule has 0 atom stereocenters. The maximum absolute atomic E-state index is 13.0. The van der Waals surface area contributed by atoms with Crippen molar-refractivity contribution in [3.63, 3.8) is 0 Å². The molecule has 10 heteroatoms. The number of anilines is 1. The van der Waals surface area contributed by atoms with Crippen molar-refractivity contribution >= 4 is 54.2 Å². The van der Waals surface area contributed by atoms with Crippen molar-refractivity contribution in [2.24, 2.45) is 0 Å². The number of piperazine rings is 1. The Bertz CT molecular complexity index is 1190. The zero-order valence-electron chi connectivity index (χ0n) is 17.0. The summed E-state index contributed by atoms with van der Waals surface area (Å²) in [6.07, 6.45) is 1.96. The molecule has 0 spiro atoms. The van der Waals surface area contributed by atoms with Crippen LogP contribution in [0, 0.1) is 5.82 Å². The average Bonchev–Trinajstić information content (AvgIpc) is 3.21. The van der Waals surface area contributed by atoms with Gasteiger partial charge in [-0.3, -0.25) is 4.79 Å². The van der Waals surface area contributed by atoms with E-state index in [9.17, 15) is 17.6 Å². The largest absolute Gasteiger partial charge is 0.345 e. The zero-order valence-corrected chi connectivity index (χ0v) is 19.4. The molecule has 31 heavy (non-hydrogen) atoms. The first-order valence-electron chi connectivity index (χ1n) is 9.81. The fourth-order valence-corrected chi connectivity index (χ4v) is 6.24. The molecule has 0 radical (unpaired) electrons. The van der Waals surface area contributed by atoms with Gasteiger partial charge in [-0.2, -0.15) is 0 Å². The highest BCUT2D eigenvalue weighted by molar-refractivity contribution is 7.98. The first-order valence-corrected chi connectivity index (χ1v) is 13.5. The molecule has 0 saturated carbocycles. The molecule has 1 aliphatic rings. The number of carbonyl (C=O) groups is 1. The number of sulfone groups is 1. The van der Waals surface area contributed by atoms with Crippen LogP contribution in [0.5, 0.6) is 0 Å². The number of aromatic nitrogens is 1. The summed E-state index contributed by atoms with van der Waals surface area (Å²) in [5.41, 5.74) is 0.974. The van der Waals surface area contributed by atoms with Gasteiger partial charge in [-0.25, -0.2) is 17.8 Å². The van der Waals surface area contributed by atoms with Gasteiger partial charge in [0, 0.05) is 37.5 Å². The number of carbonyl (C=O) groups excluding carboxylic acids is 1. The number of thiazole rings is 1. The van der Waals surface area contributed by atoms with E-state index in [1.165, 1.54) is 17.0 Å². The Balaban J connectivity index is 1.33. The number of thioether (sulfide) groups is 1. The molecule has 1 fully saturated rings. The van der Waals surface area contributed by atoms with Crippen molar-refractivity contribution < 1.29 is 17.6 Å². The molecular formula is C21H22FN3O3S3. The highest BCUT2D eigenvalue weighted by atomic mass is 32.2. The van der Waals surface area contributed by atoms with E-state index in [0.717, 1.165) is 27.5 Å². The first-order chi connectivity index (χ1) is 14.9. The lowest BCUT2D eigenvalue weighted by molar-refractivity contribution is -0.131. The van der Waals surface area contributed by atoms with Crippen LogP contribution in [0.25, 0.3) is 10.2 Å². The number of hydrogen-bond acceptors (Lipinski definition) is 7. The first kappa shape index (κ1) is 22.0. The molecule has 1 aliphatic heterocycles. The fourth-order valence-electron chi connectivity index (χ4n) is 3.44. The molecule has 0 bridgehead atoms. The number of halogens is 1. The smallest absolute Gasteiger partial charge is 0.223 e. The molecule has 0 unspecified atom stereocenters. The summed E-state index contributed by atoms with van der Waals surface area (Å²) in [7, 11) is -3.62. The fraction of sp³-hybridized carbons (Fsp3) is 0.333. The molecule has 1 amide bonds. The summed E-state index contributed by atoms with van der Waals surface area (Å²) < 4.78 is 38.9. The monoisotopic (exact) mass is 479 g/mol. The van der Waals surface area contributed by atoms with E-state index in [1.54, 1.807) is 28.0 Å². The lowest BCUT2D eigenvalue weighted by atomic mass is 10.3. The van der Waals surface area contributed by atoms with Crippen molar-refractivity contribution in [3.05, 3.63) is 48.3 Å². The molecule has 2 aromatic carbocycles. The predicted octanol–water partition coefficient (Wildman–Crippen LogP) is 3.67. The van der Waals surface area contributed by atoms with Gasteiger partial charge in [0.05, 0.1) is 20.9 Å². The van der Waals surface area contributed by atoms with Gasteiger partial charge >= 0.3 is 0 Å². The van der Waals surface area contributed by atoms with E-state index in [-0.39, 0.29) is 23.0 Å². The van der Waals surface area contributed by atoms with Crippen LogP contribution in [0.3, 0.4) is 0 Å². The third-order valence-corrected chi connectivity index (χ3v) is 8.78. The summed E-state index contributed by atoms with van der Waals surface area (Å²) in [6.45, 7) is 2.38. The second kappa shape index (κ2) is 9.13. The van der Waals surface area contributed by atoms with Crippen LogP contribution in [-0.4, -0.2) is 62.4 Å². The van der Waals surface area contributed by atoms with E-state index in [2.05, 4.69) is 17.0 Å². The van der Waals surface area contributed by atoms with E-state index < -0.39 is 15.7 Å². The van der Waals surface area contributed by atoms with Crippen LogP contribution in [0.15, 0.2) is 52.3 Å². The maximum atomic E-state index is 13.0. The van der Waals surface area contributed by atoms with Crippen molar-refractivity contribution in [1.29, 1.82) is 0 Å². The SMILES string of the molecule is CSc1ccc2nc(N3CCN(C(=O)CCS(=O)(=O)c4ccc(F)cc4)CC3)sc2c1. The van der Waals surface area contributed by atoms with Crippen LogP contribution in [-0.2, 0) is 14.6 Å². The van der Waals surface area contributed by atoms with Crippen molar-refractivity contribution in [2.75, 3.05) is 43.1 Å². The summed E-state index contributed by atoms with van der Waals surface area (Å²) >= 11 is 3.35. The van der Waals surface area contributed by atoms with Crippen LogP contribution < -0.4 is 4.90 Å². The van der Waals surface area contributed by atoms with Crippen molar-refractivity contribution in [3.8, 4) is 0 Å². The van der Waals surface area contributed by atoms with E-state index in [4.69, 9.17) is 4.98 Å². The quantitative estimate of drug-likeness (QED) is 0.397. The van der Waals surface area contributed by atoms with Crippen LogP contribution in [0.4, 0.5) is 9.52 Å². The minimum Gasteiger partial charge on any atom is -0.345 e. The topological polar surface area (TPSA) is 70.6 Å². The van der Waals surface area contributed by atoms with Gasteiger partial charge in [-0.05, 0) is 48.7 Å². The van der Waals surface area contributed by atoms with E-state index in [1.807, 2.05) is 12.3 Å². The van der Waals surface area contributed by atoms with Crippen LogP contribution in [0.2, 0.25) is 0 Å². The minimum absolute atomic E-state index is 0.0342. The van der Waals surface area contributed by atoms with Gasteiger partial charge < -0.3 is 9.80 Å². The van der Waals surface area contributed by atoms with Gasteiger partial charge in [0.1, 0.15) is 5.82 Å². The molecule has 2 heterocycles. The Morgan fingerprint density at radius 3 is 2.52 bits per heavy atom. The van der Waals surface area contributed by atoms with Gasteiger partial charge in [0.2, 0.25) is 5.91 Å². The number of nitrogens with zero attached hydrogens (tertiary/aromatic N) is 3. The molecule has 3 aromatic rings. The third kappa shape index (κ3) is 5.02. The molecular weight excluding hydrogens is 457 g/mol. The molecule has 0 aliphatic carbocycles. The standard InChI is InChI=1S/C21H22FN3O3S3/c1-29-16-4-7-18-19(14-16)30-21(23-18)25-11-9-24(10-12-25)20(26)8-13-31(27,28)17-5-2-15(22)3-6-17/h2-7,14H,8-13H2,1H3. The lowest BCUT2D eigenvalue weighted by Crippen LogP contribution is -2.49. The Kier molecular flexibility index (Phi) is 6.49. The molecule has 1 aromatic heterocycles. The summed E-state index contributed by atoms with van der Waals surface area (Å²) in [4.78, 5) is 22.4. The zero-order chi connectivity index (χ0) is 22.0. The second-order valence-corrected chi connectivity index (χ2v) is 11.2. The number of hydrogen-bond donors (Lipinski definition) is 0. The Morgan fingerprint density at radius 1 is 1.13 bits per heavy atom. The van der Waals surface area contributed by atoms with Gasteiger partial charge in [0.25, 0.3) is 0 Å². The highest BCUT2D eigenvalue weighted by Crippen LogP contribution is 2.32. The Morgan fingerprint density at radius 2 is 1.84 bits per heavy atom. The number of benzene rings is 2. The van der Waals surface area contributed by atoms with Crippen molar-refractivity contribution in [2.45, 2.75) is 16.2 Å². The van der Waals surface area contributed by atoms with E-state index >= 15 is 0 Å². The normalized spacial score (nSPS) is 14.9. The average molecular weight is 480 g/mol. The summed E-state index contributed by atoms with van der Waals surface area (Å²) in [5.74, 6) is -0.960. The number of amides is 1. The minimum atomic E-state index is -3.62.